The molecule has 0 fully saturated rings. The van der Waals surface area contributed by atoms with Crippen molar-refractivity contribution in [3.8, 4) is 5.75 Å². The molecule has 1 aromatic heterocycles. The van der Waals surface area contributed by atoms with Crippen LogP contribution < -0.4 is 10.1 Å². The van der Waals surface area contributed by atoms with Crippen LogP contribution in [-0.2, 0) is 12.8 Å². The van der Waals surface area contributed by atoms with E-state index in [0.717, 1.165) is 31.0 Å². The van der Waals surface area contributed by atoms with Crippen LogP contribution in [0.2, 0.25) is 0 Å². The van der Waals surface area contributed by atoms with Gasteiger partial charge in [-0.1, -0.05) is 6.07 Å². The van der Waals surface area contributed by atoms with Crippen molar-refractivity contribution in [2.24, 2.45) is 0 Å². The Kier molecular flexibility index (Phi) is 4.02. The molecule has 1 unspecified atom stereocenters. The molecule has 0 bridgehead atoms. The van der Waals surface area contributed by atoms with E-state index in [2.05, 4.69) is 33.5 Å². The molecular formula is C16H21N3O. The lowest BCUT2D eigenvalue weighted by Gasteiger charge is -2.26. The summed E-state index contributed by atoms with van der Waals surface area (Å²) >= 11 is 0. The van der Waals surface area contributed by atoms with Gasteiger partial charge in [0, 0.05) is 31.4 Å². The third-order valence-electron chi connectivity index (χ3n) is 3.97. The molecule has 1 aliphatic carbocycles. The van der Waals surface area contributed by atoms with Crippen LogP contribution in [0.25, 0.3) is 0 Å². The number of benzene rings is 1. The summed E-state index contributed by atoms with van der Waals surface area (Å²) < 4.78 is 5.31. The third kappa shape index (κ3) is 2.85. The van der Waals surface area contributed by atoms with E-state index >= 15 is 0 Å². The SMILES string of the molecule is COc1ccc2c(c1)CCCC2NCCc1ncc[nH]1. The first-order valence-electron chi connectivity index (χ1n) is 7.25. The maximum absolute atomic E-state index is 5.31. The fourth-order valence-corrected chi connectivity index (χ4v) is 2.93. The summed E-state index contributed by atoms with van der Waals surface area (Å²) in [6.07, 6.45) is 8.21. The average Bonchev–Trinajstić information content (AvgIpc) is 3.00. The molecule has 0 saturated carbocycles. The highest BCUT2D eigenvalue weighted by molar-refractivity contribution is 5.39. The van der Waals surface area contributed by atoms with E-state index in [1.165, 1.54) is 24.0 Å². The van der Waals surface area contributed by atoms with Gasteiger partial charge in [-0.3, -0.25) is 0 Å². The van der Waals surface area contributed by atoms with Crippen molar-refractivity contribution in [1.29, 1.82) is 0 Å². The number of H-pyrrole nitrogens is 1. The van der Waals surface area contributed by atoms with E-state index in [0.29, 0.717) is 6.04 Å². The second-order valence-electron chi connectivity index (χ2n) is 5.25. The Labute approximate surface area is 119 Å². The van der Waals surface area contributed by atoms with Crippen molar-refractivity contribution in [1.82, 2.24) is 15.3 Å². The first kappa shape index (κ1) is 13.2. The number of methoxy groups -OCH3 is 1. The minimum absolute atomic E-state index is 0.458. The van der Waals surface area contributed by atoms with E-state index in [1.54, 1.807) is 13.3 Å². The van der Waals surface area contributed by atoms with Gasteiger partial charge in [-0.05, 0) is 42.5 Å². The predicted molar refractivity (Wildman–Crippen MR) is 79.0 cm³/mol. The zero-order chi connectivity index (χ0) is 13.8. The molecule has 1 aliphatic rings. The number of nitrogens with one attached hydrogen (secondary N) is 2. The number of nitrogens with zero attached hydrogens (tertiary/aromatic N) is 1. The quantitative estimate of drug-likeness (QED) is 0.879. The maximum atomic E-state index is 5.31. The highest BCUT2D eigenvalue weighted by atomic mass is 16.5. The molecule has 0 aliphatic heterocycles. The van der Waals surface area contributed by atoms with Crippen molar-refractivity contribution in [3.63, 3.8) is 0 Å². The monoisotopic (exact) mass is 271 g/mol. The Balaban J connectivity index is 1.64. The molecule has 2 aromatic rings. The number of aromatic nitrogens is 2. The summed E-state index contributed by atoms with van der Waals surface area (Å²) in [5.41, 5.74) is 2.85. The summed E-state index contributed by atoms with van der Waals surface area (Å²) in [5, 5.41) is 3.65. The highest BCUT2D eigenvalue weighted by Crippen LogP contribution is 2.32. The number of hydrogen-bond acceptors (Lipinski definition) is 3. The Morgan fingerprint density at radius 3 is 3.20 bits per heavy atom. The lowest BCUT2D eigenvalue weighted by atomic mass is 9.87. The van der Waals surface area contributed by atoms with Crippen molar-refractivity contribution in [3.05, 3.63) is 47.5 Å². The number of imidazole rings is 1. The van der Waals surface area contributed by atoms with Gasteiger partial charge in [-0.2, -0.15) is 0 Å². The standard InChI is InChI=1S/C16H21N3O/c1-20-13-5-6-14-12(11-13)3-2-4-15(14)17-8-7-16-18-9-10-19-16/h5-6,9-11,15,17H,2-4,7-8H2,1H3,(H,18,19). The van der Waals surface area contributed by atoms with Gasteiger partial charge in [0.05, 0.1) is 7.11 Å². The topological polar surface area (TPSA) is 49.9 Å². The molecule has 0 amide bonds. The Morgan fingerprint density at radius 1 is 1.45 bits per heavy atom. The molecule has 106 valence electrons. The zero-order valence-electron chi connectivity index (χ0n) is 11.9. The molecule has 0 radical (unpaired) electrons. The molecule has 2 N–H and O–H groups in total. The number of fused-ring (bicyclic) bond motifs is 1. The predicted octanol–water partition coefficient (Wildman–Crippen LogP) is 2.63. The molecule has 0 saturated heterocycles. The molecule has 4 nitrogen and oxygen atoms in total. The number of rotatable bonds is 5. The van der Waals surface area contributed by atoms with Crippen LogP contribution in [0.15, 0.2) is 30.6 Å². The molecule has 1 atom stereocenters. The van der Waals surface area contributed by atoms with Gasteiger partial charge in [0.1, 0.15) is 11.6 Å². The number of hydrogen-bond donors (Lipinski definition) is 2. The lowest BCUT2D eigenvalue weighted by Crippen LogP contribution is -2.27. The number of ether oxygens (including phenoxy) is 1. The smallest absolute Gasteiger partial charge is 0.119 e. The van der Waals surface area contributed by atoms with Gasteiger partial charge in [-0.15, -0.1) is 0 Å². The Morgan fingerprint density at radius 2 is 2.40 bits per heavy atom. The van der Waals surface area contributed by atoms with Gasteiger partial charge in [0.15, 0.2) is 0 Å². The normalized spacial score (nSPS) is 17.8. The van der Waals surface area contributed by atoms with Crippen molar-refractivity contribution in [2.75, 3.05) is 13.7 Å². The van der Waals surface area contributed by atoms with Crippen LogP contribution in [0.1, 0.15) is 35.8 Å². The van der Waals surface area contributed by atoms with Gasteiger partial charge in [0.2, 0.25) is 0 Å². The van der Waals surface area contributed by atoms with Gasteiger partial charge in [0.25, 0.3) is 0 Å². The van der Waals surface area contributed by atoms with Crippen molar-refractivity contribution >= 4 is 0 Å². The minimum atomic E-state index is 0.458. The number of aryl methyl sites for hydroxylation is 1. The fraction of sp³-hybridized carbons (Fsp3) is 0.438. The summed E-state index contributed by atoms with van der Waals surface area (Å²) in [5.74, 6) is 2.00. The van der Waals surface area contributed by atoms with E-state index < -0.39 is 0 Å². The fourth-order valence-electron chi connectivity index (χ4n) is 2.93. The second kappa shape index (κ2) is 6.09. The van der Waals surface area contributed by atoms with Crippen molar-refractivity contribution < 1.29 is 4.74 Å². The summed E-state index contributed by atoms with van der Waals surface area (Å²) in [7, 11) is 1.73. The molecule has 20 heavy (non-hydrogen) atoms. The Hall–Kier alpha value is -1.81. The van der Waals surface area contributed by atoms with E-state index in [1.807, 2.05) is 6.20 Å². The molecular weight excluding hydrogens is 250 g/mol. The van der Waals surface area contributed by atoms with Gasteiger partial charge < -0.3 is 15.0 Å². The third-order valence-corrected chi connectivity index (χ3v) is 3.97. The molecule has 1 heterocycles. The summed E-state index contributed by atoms with van der Waals surface area (Å²) in [4.78, 5) is 7.40. The van der Waals surface area contributed by atoms with E-state index in [9.17, 15) is 0 Å². The molecule has 0 spiro atoms. The second-order valence-corrected chi connectivity index (χ2v) is 5.25. The van der Waals surface area contributed by atoms with Crippen LogP contribution in [-0.4, -0.2) is 23.6 Å². The van der Waals surface area contributed by atoms with Crippen LogP contribution in [0, 0.1) is 0 Å². The first-order chi connectivity index (χ1) is 9.86. The largest absolute Gasteiger partial charge is 0.497 e. The summed E-state index contributed by atoms with van der Waals surface area (Å²) in [6.45, 7) is 0.948. The minimum Gasteiger partial charge on any atom is -0.497 e. The molecule has 4 heteroatoms. The van der Waals surface area contributed by atoms with E-state index in [-0.39, 0.29) is 0 Å². The first-order valence-corrected chi connectivity index (χ1v) is 7.25. The van der Waals surface area contributed by atoms with Crippen molar-refractivity contribution in [2.45, 2.75) is 31.7 Å². The lowest BCUT2D eigenvalue weighted by molar-refractivity contribution is 0.410. The Bertz CT molecular complexity index is 551. The molecule has 3 rings (SSSR count). The van der Waals surface area contributed by atoms with Gasteiger partial charge >= 0.3 is 0 Å². The van der Waals surface area contributed by atoms with Crippen LogP contribution in [0.4, 0.5) is 0 Å². The van der Waals surface area contributed by atoms with Gasteiger partial charge in [-0.25, -0.2) is 4.98 Å². The summed E-state index contributed by atoms with van der Waals surface area (Å²) in [6, 6.07) is 6.90. The van der Waals surface area contributed by atoms with E-state index in [4.69, 9.17) is 4.74 Å². The maximum Gasteiger partial charge on any atom is 0.119 e. The van der Waals surface area contributed by atoms with Crippen LogP contribution in [0.5, 0.6) is 5.75 Å². The highest BCUT2D eigenvalue weighted by Gasteiger charge is 2.19. The van der Waals surface area contributed by atoms with Crippen LogP contribution in [0.3, 0.4) is 0 Å². The zero-order valence-corrected chi connectivity index (χ0v) is 11.9. The average molecular weight is 271 g/mol. The number of aromatic amines is 1. The van der Waals surface area contributed by atoms with Crippen LogP contribution >= 0.6 is 0 Å². The molecule has 1 aromatic carbocycles.